The second-order valence-electron chi connectivity index (χ2n) is 6.09. The minimum Gasteiger partial charge on any atom is -0.508 e. The molecule has 0 aliphatic heterocycles. The van der Waals surface area contributed by atoms with Gasteiger partial charge in [-0.2, -0.15) is 0 Å². The first kappa shape index (κ1) is 20.2. The smallest absolute Gasteiger partial charge is 0.266 e. The molecule has 1 atom stereocenters. The van der Waals surface area contributed by atoms with Crippen molar-refractivity contribution < 1.29 is 28.2 Å². The summed E-state index contributed by atoms with van der Waals surface area (Å²) in [5.74, 6) is -2.68. The monoisotopic (exact) mass is 392 g/mol. The third kappa shape index (κ3) is 4.98. The molecule has 2 amide bonds. The van der Waals surface area contributed by atoms with E-state index < -0.39 is 34.3 Å². The van der Waals surface area contributed by atoms with Crippen LogP contribution in [0.3, 0.4) is 0 Å². The molecule has 9 heteroatoms. The normalized spacial score (nSPS) is 12.3. The minimum atomic E-state index is -4.34. The maximum absolute atomic E-state index is 12.8. The lowest BCUT2D eigenvalue weighted by Crippen LogP contribution is -2.45. The third-order valence-corrected chi connectivity index (χ3v) is 5.60. The second kappa shape index (κ2) is 8.09. The zero-order valence-corrected chi connectivity index (χ0v) is 15.4. The molecule has 0 radical (unpaired) electrons. The number of nitrogens with two attached hydrogens (primary N) is 1. The Hall–Kier alpha value is -3.07. The first-order chi connectivity index (χ1) is 12.6. The SMILES string of the molecule is CC(Cc1cccc(O)c1)C(=O)N(CC(N)=O)S(=O)(=O)c1ccc(O)cc1. The van der Waals surface area contributed by atoms with Gasteiger partial charge in [0.2, 0.25) is 11.8 Å². The summed E-state index contributed by atoms with van der Waals surface area (Å²) in [6.07, 6.45) is 0.160. The van der Waals surface area contributed by atoms with Crippen molar-refractivity contribution in [2.75, 3.05) is 6.54 Å². The van der Waals surface area contributed by atoms with E-state index in [4.69, 9.17) is 5.73 Å². The molecule has 0 aromatic heterocycles. The van der Waals surface area contributed by atoms with Crippen LogP contribution in [0.2, 0.25) is 0 Å². The van der Waals surface area contributed by atoms with Crippen LogP contribution in [0, 0.1) is 5.92 Å². The number of hydrogen-bond donors (Lipinski definition) is 3. The fourth-order valence-corrected chi connectivity index (χ4v) is 3.99. The largest absolute Gasteiger partial charge is 0.508 e. The molecular weight excluding hydrogens is 372 g/mol. The van der Waals surface area contributed by atoms with Gasteiger partial charge < -0.3 is 15.9 Å². The molecule has 0 aliphatic rings. The number of phenols is 2. The second-order valence-corrected chi connectivity index (χ2v) is 7.95. The number of sulfonamides is 1. The molecule has 0 heterocycles. The quantitative estimate of drug-likeness (QED) is 0.642. The predicted octanol–water partition coefficient (Wildman–Crippen LogP) is 0.979. The number of carbonyl (C=O) groups excluding carboxylic acids is 2. The Balaban J connectivity index is 2.32. The van der Waals surface area contributed by atoms with Gasteiger partial charge in [0.15, 0.2) is 0 Å². The molecule has 2 aromatic rings. The highest BCUT2D eigenvalue weighted by Gasteiger charge is 2.33. The highest BCUT2D eigenvalue weighted by atomic mass is 32.2. The van der Waals surface area contributed by atoms with E-state index >= 15 is 0 Å². The van der Waals surface area contributed by atoms with Crippen LogP contribution in [0.4, 0.5) is 0 Å². The van der Waals surface area contributed by atoms with Gasteiger partial charge in [0, 0.05) is 5.92 Å². The molecule has 0 saturated carbocycles. The molecule has 0 aliphatic carbocycles. The van der Waals surface area contributed by atoms with Crippen molar-refractivity contribution in [1.29, 1.82) is 0 Å². The maximum atomic E-state index is 12.8. The van der Waals surface area contributed by atoms with Gasteiger partial charge in [0.1, 0.15) is 18.0 Å². The molecule has 144 valence electrons. The van der Waals surface area contributed by atoms with Crippen molar-refractivity contribution in [2.24, 2.45) is 11.7 Å². The highest BCUT2D eigenvalue weighted by molar-refractivity contribution is 7.89. The Morgan fingerprint density at radius 3 is 2.26 bits per heavy atom. The molecule has 2 aromatic carbocycles. The van der Waals surface area contributed by atoms with Crippen molar-refractivity contribution in [1.82, 2.24) is 4.31 Å². The van der Waals surface area contributed by atoms with Crippen LogP contribution < -0.4 is 5.73 Å². The summed E-state index contributed by atoms with van der Waals surface area (Å²) in [5, 5.41) is 18.8. The molecule has 1 unspecified atom stereocenters. The van der Waals surface area contributed by atoms with Crippen LogP contribution >= 0.6 is 0 Å². The Morgan fingerprint density at radius 2 is 1.70 bits per heavy atom. The third-order valence-electron chi connectivity index (χ3n) is 3.84. The van der Waals surface area contributed by atoms with Gasteiger partial charge in [-0.15, -0.1) is 0 Å². The first-order valence-electron chi connectivity index (χ1n) is 8.03. The van der Waals surface area contributed by atoms with E-state index in [1.165, 1.54) is 19.1 Å². The van der Waals surface area contributed by atoms with Crippen molar-refractivity contribution in [3.05, 3.63) is 54.1 Å². The Kier molecular flexibility index (Phi) is 6.06. The van der Waals surface area contributed by atoms with E-state index in [1.807, 2.05) is 0 Å². The average Bonchev–Trinajstić information content (AvgIpc) is 2.59. The molecule has 0 spiro atoms. The fraction of sp³-hybridized carbons (Fsp3) is 0.222. The molecule has 0 saturated heterocycles. The highest BCUT2D eigenvalue weighted by Crippen LogP contribution is 2.22. The number of aromatic hydroxyl groups is 2. The molecule has 0 fully saturated rings. The lowest BCUT2D eigenvalue weighted by Gasteiger charge is -2.24. The first-order valence-corrected chi connectivity index (χ1v) is 9.47. The number of carbonyl (C=O) groups is 2. The van der Waals surface area contributed by atoms with Crippen LogP contribution in [0.25, 0.3) is 0 Å². The van der Waals surface area contributed by atoms with Crippen LogP contribution in [0.1, 0.15) is 12.5 Å². The van der Waals surface area contributed by atoms with Gasteiger partial charge in [-0.1, -0.05) is 19.1 Å². The Labute approximate surface area is 156 Å². The molecular formula is C18H20N2O6S. The zero-order valence-electron chi connectivity index (χ0n) is 14.6. The predicted molar refractivity (Wildman–Crippen MR) is 97.2 cm³/mol. The van der Waals surface area contributed by atoms with Gasteiger partial charge in [-0.3, -0.25) is 9.59 Å². The minimum absolute atomic E-state index is 0.0258. The standard InChI is InChI=1S/C18H20N2O6S/c1-12(9-13-3-2-4-15(22)10-13)18(24)20(11-17(19)23)27(25,26)16-7-5-14(21)6-8-16/h2-8,10,12,21-22H,9,11H2,1H3,(H2,19,23). The van der Waals surface area contributed by atoms with Crippen LogP contribution in [-0.4, -0.2) is 41.3 Å². The Bertz CT molecular complexity index is 941. The summed E-state index contributed by atoms with van der Waals surface area (Å²) in [7, 11) is -4.34. The van der Waals surface area contributed by atoms with E-state index in [2.05, 4.69) is 0 Å². The van der Waals surface area contributed by atoms with Crippen molar-refractivity contribution in [2.45, 2.75) is 18.2 Å². The molecule has 2 rings (SSSR count). The van der Waals surface area contributed by atoms with E-state index in [0.29, 0.717) is 9.87 Å². The van der Waals surface area contributed by atoms with Gasteiger partial charge in [0.25, 0.3) is 10.0 Å². The van der Waals surface area contributed by atoms with E-state index in [-0.39, 0.29) is 22.8 Å². The number of phenolic OH excluding ortho intramolecular Hbond substituents is 2. The summed E-state index contributed by atoms with van der Waals surface area (Å²) in [6.45, 7) is 0.721. The van der Waals surface area contributed by atoms with Crippen molar-refractivity contribution in [3.63, 3.8) is 0 Å². The van der Waals surface area contributed by atoms with Crippen molar-refractivity contribution >= 4 is 21.8 Å². The number of primary amides is 1. The molecule has 8 nitrogen and oxygen atoms in total. The van der Waals surface area contributed by atoms with Crippen LogP contribution in [0.5, 0.6) is 11.5 Å². The van der Waals surface area contributed by atoms with E-state index in [1.54, 1.807) is 12.1 Å². The van der Waals surface area contributed by atoms with E-state index in [9.17, 15) is 28.2 Å². The van der Waals surface area contributed by atoms with Gasteiger partial charge in [0.05, 0.1) is 4.90 Å². The van der Waals surface area contributed by atoms with Gasteiger partial charge in [-0.05, 0) is 48.4 Å². The van der Waals surface area contributed by atoms with Crippen LogP contribution in [-0.2, 0) is 26.0 Å². The topological polar surface area (TPSA) is 138 Å². The average molecular weight is 392 g/mol. The molecule has 0 bridgehead atoms. The maximum Gasteiger partial charge on any atom is 0.266 e. The zero-order chi connectivity index (χ0) is 20.2. The van der Waals surface area contributed by atoms with Gasteiger partial charge in [-0.25, -0.2) is 12.7 Å². The molecule has 27 heavy (non-hydrogen) atoms. The van der Waals surface area contributed by atoms with Crippen LogP contribution in [0.15, 0.2) is 53.4 Å². The lowest BCUT2D eigenvalue weighted by molar-refractivity contribution is -0.133. The number of amides is 2. The summed E-state index contributed by atoms with van der Waals surface area (Å²) < 4.78 is 26.1. The summed E-state index contributed by atoms with van der Waals surface area (Å²) in [6, 6.07) is 10.8. The summed E-state index contributed by atoms with van der Waals surface area (Å²) in [4.78, 5) is 23.9. The van der Waals surface area contributed by atoms with E-state index in [0.717, 1.165) is 24.3 Å². The Morgan fingerprint density at radius 1 is 1.07 bits per heavy atom. The summed E-state index contributed by atoms with van der Waals surface area (Å²) >= 11 is 0. The van der Waals surface area contributed by atoms with Crippen molar-refractivity contribution in [3.8, 4) is 11.5 Å². The summed E-state index contributed by atoms with van der Waals surface area (Å²) in [5.41, 5.74) is 5.77. The number of hydrogen-bond acceptors (Lipinski definition) is 6. The molecule has 4 N–H and O–H groups in total. The number of rotatable bonds is 7. The number of nitrogens with zero attached hydrogens (tertiary/aromatic N) is 1. The lowest BCUT2D eigenvalue weighted by atomic mass is 10.0. The fourth-order valence-electron chi connectivity index (χ4n) is 2.54. The van der Waals surface area contributed by atoms with Gasteiger partial charge >= 0.3 is 0 Å². The number of benzene rings is 2.